The number of carbonyl (C=O) groups is 1. The van der Waals surface area contributed by atoms with E-state index in [4.69, 9.17) is 9.47 Å². The number of benzene rings is 1. The first-order chi connectivity index (χ1) is 11.6. The Morgan fingerprint density at radius 1 is 1.38 bits per heavy atom. The van der Waals surface area contributed by atoms with Crippen LogP contribution in [-0.2, 0) is 20.7 Å². The van der Waals surface area contributed by atoms with Crippen molar-refractivity contribution in [1.29, 1.82) is 0 Å². The van der Waals surface area contributed by atoms with E-state index >= 15 is 0 Å². The van der Waals surface area contributed by atoms with Gasteiger partial charge in [-0.05, 0) is 24.8 Å². The van der Waals surface area contributed by atoms with E-state index in [9.17, 15) is 14.9 Å². The van der Waals surface area contributed by atoms with Crippen molar-refractivity contribution in [2.45, 2.75) is 50.4 Å². The number of amides is 1. The van der Waals surface area contributed by atoms with Crippen LogP contribution in [0.5, 0.6) is 0 Å². The fourth-order valence-electron chi connectivity index (χ4n) is 3.46. The highest BCUT2D eigenvalue weighted by Gasteiger charge is 2.41. The van der Waals surface area contributed by atoms with Crippen molar-refractivity contribution < 1.29 is 19.2 Å². The molecular formula is C17H22N2O5. The lowest BCUT2D eigenvalue weighted by molar-refractivity contribution is -0.384. The van der Waals surface area contributed by atoms with Crippen LogP contribution in [0, 0.1) is 10.1 Å². The molecule has 1 aliphatic heterocycles. The summed E-state index contributed by atoms with van der Waals surface area (Å²) < 4.78 is 11.4. The smallest absolute Gasteiger partial charge is 0.269 e. The third-order valence-electron chi connectivity index (χ3n) is 4.61. The average molecular weight is 334 g/mol. The van der Waals surface area contributed by atoms with Crippen LogP contribution < -0.4 is 5.32 Å². The van der Waals surface area contributed by atoms with E-state index in [1.54, 1.807) is 12.1 Å². The molecule has 2 fully saturated rings. The van der Waals surface area contributed by atoms with E-state index in [-0.39, 0.29) is 17.6 Å². The summed E-state index contributed by atoms with van der Waals surface area (Å²) in [5.41, 5.74) is 0.847. The topological polar surface area (TPSA) is 90.7 Å². The van der Waals surface area contributed by atoms with Crippen LogP contribution in [0.1, 0.15) is 37.7 Å². The lowest BCUT2D eigenvalue weighted by Crippen LogP contribution is -2.46. The molecule has 130 valence electrons. The highest BCUT2D eigenvalue weighted by atomic mass is 16.7. The van der Waals surface area contributed by atoms with Crippen LogP contribution in [-0.4, -0.2) is 35.9 Å². The van der Waals surface area contributed by atoms with Crippen molar-refractivity contribution in [2.24, 2.45) is 0 Å². The summed E-state index contributed by atoms with van der Waals surface area (Å²) in [6.07, 6.45) is 4.26. The second-order valence-corrected chi connectivity index (χ2v) is 6.40. The molecule has 1 N–H and O–H groups in total. The number of ether oxygens (including phenoxy) is 2. The van der Waals surface area contributed by atoms with Crippen LogP contribution in [0.15, 0.2) is 24.3 Å². The van der Waals surface area contributed by atoms with E-state index in [0.29, 0.717) is 32.5 Å². The van der Waals surface area contributed by atoms with Gasteiger partial charge in [-0.1, -0.05) is 12.1 Å². The zero-order chi connectivity index (χ0) is 17.0. The summed E-state index contributed by atoms with van der Waals surface area (Å²) >= 11 is 0. The van der Waals surface area contributed by atoms with Gasteiger partial charge < -0.3 is 14.8 Å². The number of aryl methyl sites for hydroxylation is 1. The molecule has 2 aliphatic rings. The molecule has 1 amide bonds. The molecule has 3 rings (SSSR count). The Bertz CT molecular complexity index is 613. The first-order valence-corrected chi connectivity index (χ1v) is 8.37. The molecule has 7 nitrogen and oxygen atoms in total. The van der Waals surface area contributed by atoms with Gasteiger partial charge in [-0.3, -0.25) is 14.9 Å². The molecule has 1 spiro atoms. The van der Waals surface area contributed by atoms with Crippen molar-refractivity contribution in [3.05, 3.63) is 39.9 Å². The standard InChI is InChI=1S/C17H22N2O5/c20-16(7-6-13-3-1-5-15(11-13)19(21)22)18-14-4-2-8-17(12-14)23-9-10-24-17/h1,3,5,11,14H,2,4,6-10,12H2,(H,18,20). The Morgan fingerprint density at radius 2 is 2.17 bits per heavy atom. The van der Waals surface area contributed by atoms with Crippen LogP contribution >= 0.6 is 0 Å². The third kappa shape index (κ3) is 4.10. The van der Waals surface area contributed by atoms with Gasteiger partial charge in [-0.25, -0.2) is 0 Å². The molecule has 1 saturated carbocycles. The number of hydrogen-bond acceptors (Lipinski definition) is 5. The van der Waals surface area contributed by atoms with Gasteiger partial charge in [0.25, 0.3) is 5.69 Å². The lowest BCUT2D eigenvalue weighted by atomic mass is 9.89. The number of nitrogens with one attached hydrogen (secondary N) is 1. The van der Waals surface area contributed by atoms with Crippen LogP contribution in [0.25, 0.3) is 0 Å². The zero-order valence-corrected chi connectivity index (χ0v) is 13.5. The Kier molecular flexibility index (Phi) is 5.11. The number of hydrogen-bond donors (Lipinski definition) is 1. The van der Waals surface area contributed by atoms with Crippen LogP contribution in [0.2, 0.25) is 0 Å². The van der Waals surface area contributed by atoms with Crippen molar-refractivity contribution in [2.75, 3.05) is 13.2 Å². The van der Waals surface area contributed by atoms with Crippen molar-refractivity contribution in [3.63, 3.8) is 0 Å². The number of non-ortho nitro benzene ring substituents is 1. The van der Waals surface area contributed by atoms with Gasteiger partial charge in [-0.2, -0.15) is 0 Å². The molecule has 1 aromatic carbocycles. The minimum Gasteiger partial charge on any atom is -0.353 e. The zero-order valence-electron chi connectivity index (χ0n) is 13.5. The second-order valence-electron chi connectivity index (χ2n) is 6.40. The van der Waals surface area contributed by atoms with E-state index in [1.807, 2.05) is 0 Å². The van der Waals surface area contributed by atoms with E-state index < -0.39 is 10.7 Å². The Morgan fingerprint density at radius 3 is 2.92 bits per heavy atom. The normalized spacial score (nSPS) is 22.4. The number of rotatable bonds is 5. The number of nitrogens with zero attached hydrogens (tertiary/aromatic N) is 1. The van der Waals surface area contributed by atoms with Gasteiger partial charge >= 0.3 is 0 Å². The Labute approximate surface area is 140 Å². The number of nitro benzene ring substituents is 1. The average Bonchev–Trinajstić information content (AvgIpc) is 3.01. The summed E-state index contributed by atoms with van der Waals surface area (Å²) in [6.45, 7) is 1.24. The predicted molar refractivity (Wildman–Crippen MR) is 86.5 cm³/mol. The molecule has 0 aromatic heterocycles. The van der Waals surface area contributed by atoms with Crippen molar-refractivity contribution in [3.8, 4) is 0 Å². The van der Waals surface area contributed by atoms with Gasteiger partial charge in [0.1, 0.15) is 0 Å². The highest BCUT2D eigenvalue weighted by molar-refractivity contribution is 5.76. The van der Waals surface area contributed by atoms with Crippen LogP contribution in [0.3, 0.4) is 0 Å². The van der Waals surface area contributed by atoms with E-state index in [2.05, 4.69) is 5.32 Å². The molecule has 0 radical (unpaired) electrons. The SMILES string of the molecule is O=C(CCc1cccc([N+](=O)[O-])c1)NC1CCCC2(C1)OCCO2. The van der Waals surface area contributed by atoms with E-state index in [0.717, 1.165) is 24.8 Å². The molecular weight excluding hydrogens is 312 g/mol. The fourth-order valence-corrected chi connectivity index (χ4v) is 3.46. The predicted octanol–water partition coefficient (Wildman–Crippen LogP) is 2.33. The Hall–Kier alpha value is -1.99. The monoisotopic (exact) mass is 334 g/mol. The fraction of sp³-hybridized carbons (Fsp3) is 0.588. The highest BCUT2D eigenvalue weighted by Crippen LogP contribution is 2.35. The summed E-state index contributed by atoms with van der Waals surface area (Å²) in [7, 11) is 0. The third-order valence-corrected chi connectivity index (χ3v) is 4.61. The molecule has 0 bridgehead atoms. The maximum atomic E-state index is 12.2. The van der Waals surface area contributed by atoms with Gasteiger partial charge in [-0.15, -0.1) is 0 Å². The Balaban J connectivity index is 1.49. The van der Waals surface area contributed by atoms with E-state index in [1.165, 1.54) is 12.1 Å². The summed E-state index contributed by atoms with van der Waals surface area (Å²) in [4.78, 5) is 22.5. The molecule has 24 heavy (non-hydrogen) atoms. The first-order valence-electron chi connectivity index (χ1n) is 8.37. The number of carbonyl (C=O) groups excluding carboxylic acids is 1. The molecule has 1 saturated heterocycles. The van der Waals surface area contributed by atoms with Gasteiger partial charge in [0.05, 0.1) is 18.1 Å². The second kappa shape index (κ2) is 7.27. The summed E-state index contributed by atoms with van der Waals surface area (Å²) in [5.74, 6) is -0.544. The molecule has 1 heterocycles. The minimum atomic E-state index is -0.504. The molecule has 7 heteroatoms. The molecule has 1 unspecified atom stereocenters. The minimum absolute atomic E-state index is 0.0402. The van der Waals surface area contributed by atoms with Gasteiger partial charge in [0, 0.05) is 37.4 Å². The molecule has 1 aliphatic carbocycles. The maximum Gasteiger partial charge on any atom is 0.269 e. The van der Waals surface area contributed by atoms with Gasteiger partial charge in [0.2, 0.25) is 5.91 Å². The lowest BCUT2D eigenvalue weighted by Gasteiger charge is -2.36. The molecule has 1 aromatic rings. The van der Waals surface area contributed by atoms with Crippen molar-refractivity contribution >= 4 is 11.6 Å². The van der Waals surface area contributed by atoms with Crippen molar-refractivity contribution in [1.82, 2.24) is 5.32 Å². The first kappa shape index (κ1) is 16.9. The summed E-state index contributed by atoms with van der Waals surface area (Å²) in [5, 5.41) is 13.8. The summed E-state index contributed by atoms with van der Waals surface area (Å²) in [6, 6.07) is 6.48. The largest absolute Gasteiger partial charge is 0.353 e. The number of nitro groups is 1. The van der Waals surface area contributed by atoms with Crippen LogP contribution in [0.4, 0.5) is 5.69 Å². The maximum absolute atomic E-state index is 12.2. The quantitative estimate of drug-likeness (QED) is 0.659. The van der Waals surface area contributed by atoms with Gasteiger partial charge in [0.15, 0.2) is 5.79 Å². The molecule has 1 atom stereocenters.